The second-order valence-corrected chi connectivity index (χ2v) is 12.9. The fourth-order valence-electron chi connectivity index (χ4n) is 7.75. The molecule has 0 saturated heterocycles. The van der Waals surface area contributed by atoms with Crippen LogP contribution in [0.2, 0.25) is 0 Å². The number of allylic oxidation sites excluding steroid dienone is 1. The summed E-state index contributed by atoms with van der Waals surface area (Å²) >= 11 is 0. The lowest BCUT2D eigenvalue weighted by Gasteiger charge is -2.20. The largest absolute Gasteiger partial charge is 0.0871 e. The minimum atomic E-state index is 1.23. The maximum Gasteiger partial charge on any atom is -0.00199 e. The highest BCUT2D eigenvalue weighted by atomic mass is 14.2. The number of hydrogen-bond acceptors (Lipinski definition) is 0. The molecule has 50 heavy (non-hydrogen) atoms. The standard InChI is InChI=1S/C48H34.C2H6/c1-3-12-33-27-34(22-21-31(33)2)35-25-23-32-24-26-37(29-38(32)28-35)47-42-17-8-10-19-44(42)48(45-20-11-9-18-43(45)47)46-30-36-13-4-5-14-39(36)40-15-6-7-16-41(40)46;1-2/h3-30H,1-2H3;1-2H3/b12-3-;. The van der Waals surface area contributed by atoms with Crippen LogP contribution >= 0.6 is 0 Å². The third kappa shape index (κ3) is 5.25. The molecular weight excluding hydrogens is 601 g/mol. The van der Waals surface area contributed by atoms with E-state index in [-0.39, 0.29) is 0 Å². The first-order chi connectivity index (χ1) is 24.7. The van der Waals surface area contributed by atoms with E-state index >= 15 is 0 Å². The van der Waals surface area contributed by atoms with Gasteiger partial charge in [0, 0.05) is 0 Å². The first-order valence-electron chi connectivity index (χ1n) is 17.8. The van der Waals surface area contributed by atoms with Gasteiger partial charge in [0.2, 0.25) is 0 Å². The molecule has 0 aromatic heterocycles. The second-order valence-electron chi connectivity index (χ2n) is 12.9. The van der Waals surface area contributed by atoms with E-state index in [1.54, 1.807) is 0 Å². The van der Waals surface area contributed by atoms with Crippen LogP contribution in [-0.4, -0.2) is 0 Å². The van der Waals surface area contributed by atoms with Crippen molar-refractivity contribution >= 4 is 59.9 Å². The SMILES string of the molecule is C/C=C\c1cc(-c2ccc3ccc(-c4c5ccccc5c(-c5cc6ccccc6c6ccccc56)c5ccccc45)cc3c2)ccc1C.CC. The molecule has 0 unspecified atom stereocenters. The Morgan fingerprint density at radius 2 is 0.880 bits per heavy atom. The lowest BCUT2D eigenvalue weighted by molar-refractivity contribution is 1.44. The molecule has 0 fully saturated rings. The van der Waals surface area contributed by atoms with Crippen LogP contribution in [0.4, 0.5) is 0 Å². The molecule has 9 aromatic carbocycles. The minimum absolute atomic E-state index is 1.23. The third-order valence-electron chi connectivity index (χ3n) is 10.1. The molecule has 0 heterocycles. The summed E-state index contributed by atoms with van der Waals surface area (Å²) in [4.78, 5) is 0. The van der Waals surface area contributed by atoms with Crippen LogP contribution in [0.15, 0.2) is 164 Å². The fourth-order valence-corrected chi connectivity index (χ4v) is 7.75. The van der Waals surface area contributed by atoms with Gasteiger partial charge in [0.25, 0.3) is 0 Å². The van der Waals surface area contributed by atoms with Crippen LogP contribution in [0.1, 0.15) is 31.9 Å². The number of benzene rings is 9. The molecule has 9 rings (SSSR count). The van der Waals surface area contributed by atoms with E-state index in [9.17, 15) is 0 Å². The molecule has 0 aliphatic rings. The van der Waals surface area contributed by atoms with E-state index in [2.05, 4.69) is 184 Å². The van der Waals surface area contributed by atoms with E-state index in [1.807, 2.05) is 13.8 Å². The summed E-state index contributed by atoms with van der Waals surface area (Å²) < 4.78 is 0. The van der Waals surface area contributed by atoms with Crippen LogP contribution in [-0.2, 0) is 0 Å². The van der Waals surface area contributed by atoms with Crippen molar-refractivity contribution in [1.29, 1.82) is 0 Å². The Morgan fingerprint density at radius 1 is 0.380 bits per heavy atom. The Bertz CT molecular complexity index is 2680. The first-order valence-corrected chi connectivity index (χ1v) is 17.8. The van der Waals surface area contributed by atoms with E-state index in [0.717, 1.165) is 0 Å². The summed E-state index contributed by atoms with van der Waals surface area (Å²) in [5, 5.41) is 12.7. The average Bonchev–Trinajstić information content (AvgIpc) is 3.18. The molecule has 240 valence electrons. The summed E-state index contributed by atoms with van der Waals surface area (Å²) in [5.41, 5.74) is 10.1. The number of aryl methyl sites for hydroxylation is 1. The predicted octanol–water partition coefficient (Wildman–Crippen LogP) is 14.8. The highest BCUT2D eigenvalue weighted by Gasteiger charge is 2.19. The van der Waals surface area contributed by atoms with E-state index in [4.69, 9.17) is 0 Å². The van der Waals surface area contributed by atoms with E-state index in [0.29, 0.717) is 0 Å². The van der Waals surface area contributed by atoms with Gasteiger partial charge in [-0.2, -0.15) is 0 Å². The summed E-state index contributed by atoms with van der Waals surface area (Å²) in [6.45, 7) is 8.25. The number of rotatable bonds is 4. The lowest BCUT2D eigenvalue weighted by atomic mass is 9.83. The zero-order valence-corrected chi connectivity index (χ0v) is 29.2. The monoisotopic (exact) mass is 640 g/mol. The van der Waals surface area contributed by atoms with Gasteiger partial charge in [0.05, 0.1) is 0 Å². The molecule has 0 atom stereocenters. The van der Waals surface area contributed by atoms with Crippen molar-refractivity contribution in [2.24, 2.45) is 0 Å². The van der Waals surface area contributed by atoms with Gasteiger partial charge in [-0.3, -0.25) is 0 Å². The van der Waals surface area contributed by atoms with Gasteiger partial charge >= 0.3 is 0 Å². The Labute approximate surface area is 295 Å². The molecule has 0 spiro atoms. The maximum atomic E-state index is 2.40. The van der Waals surface area contributed by atoms with Gasteiger partial charge in [0.15, 0.2) is 0 Å². The molecule has 0 N–H and O–H groups in total. The van der Waals surface area contributed by atoms with Gasteiger partial charge in [-0.15, -0.1) is 0 Å². The van der Waals surface area contributed by atoms with Crippen LogP contribution in [0.25, 0.3) is 93.3 Å². The Kier molecular flexibility index (Phi) is 8.23. The molecule has 0 nitrogen and oxygen atoms in total. The minimum Gasteiger partial charge on any atom is -0.0871 e. The quantitative estimate of drug-likeness (QED) is 0.133. The summed E-state index contributed by atoms with van der Waals surface area (Å²) in [6.07, 6.45) is 4.31. The van der Waals surface area contributed by atoms with Gasteiger partial charge in [-0.1, -0.05) is 159 Å². The lowest BCUT2D eigenvalue weighted by Crippen LogP contribution is -1.92. The van der Waals surface area contributed by atoms with Crippen molar-refractivity contribution in [2.75, 3.05) is 0 Å². The summed E-state index contributed by atoms with van der Waals surface area (Å²) in [6, 6.07) is 58.6. The van der Waals surface area contributed by atoms with Crippen LogP contribution < -0.4 is 0 Å². The molecule has 0 aliphatic carbocycles. The molecule has 9 aromatic rings. The van der Waals surface area contributed by atoms with Crippen molar-refractivity contribution in [3.8, 4) is 33.4 Å². The molecular formula is C50H40. The number of fused-ring (bicyclic) bond motifs is 6. The zero-order valence-electron chi connectivity index (χ0n) is 29.2. The van der Waals surface area contributed by atoms with Gasteiger partial charge < -0.3 is 0 Å². The number of hydrogen-bond donors (Lipinski definition) is 0. The topological polar surface area (TPSA) is 0 Å². The predicted molar refractivity (Wildman–Crippen MR) is 221 cm³/mol. The highest BCUT2D eigenvalue weighted by Crippen LogP contribution is 2.46. The molecule has 0 amide bonds. The molecule has 0 bridgehead atoms. The summed E-state index contributed by atoms with van der Waals surface area (Å²) in [5.74, 6) is 0. The van der Waals surface area contributed by atoms with E-state index in [1.165, 1.54) is 98.4 Å². The molecule has 0 aliphatic heterocycles. The summed E-state index contributed by atoms with van der Waals surface area (Å²) in [7, 11) is 0. The molecule has 0 radical (unpaired) electrons. The van der Waals surface area contributed by atoms with Gasteiger partial charge in [-0.05, 0) is 136 Å². The van der Waals surface area contributed by atoms with Crippen molar-refractivity contribution in [2.45, 2.75) is 27.7 Å². The van der Waals surface area contributed by atoms with Crippen molar-refractivity contribution in [1.82, 2.24) is 0 Å². The Hall–Kier alpha value is -5.98. The highest BCUT2D eigenvalue weighted by molar-refractivity contribution is 6.26. The van der Waals surface area contributed by atoms with Gasteiger partial charge in [0.1, 0.15) is 0 Å². The van der Waals surface area contributed by atoms with E-state index < -0.39 is 0 Å². The normalized spacial score (nSPS) is 11.5. The third-order valence-corrected chi connectivity index (χ3v) is 10.1. The maximum absolute atomic E-state index is 2.40. The van der Waals surface area contributed by atoms with Crippen LogP contribution in [0.3, 0.4) is 0 Å². The molecule has 0 heteroatoms. The second kappa shape index (κ2) is 13.1. The first kappa shape index (κ1) is 31.3. The Morgan fingerprint density at radius 3 is 1.54 bits per heavy atom. The van der Waals surface area contributed by atoms with Crippen LogP contribution in [0, 0.1) is 6.92 Å². The Balaban J connectivity index is 0.00000177. The van der Waals surface area contributed by atoms with Crippen molar-refractivity contribution in [3.05, 3.63) is 175 Å². The average molecular weight is 641 g/mol. The van der Waals surface area contributed by atoms with Crippen molar-refractivity contribution in [3.63, 3.8) is 0 Å². The van der Waals surface area contributed by atoms with Gasteiger partial charge in [-0.25, -0.2) is 0 Å². The fraction of sp³-hybridized carbons (Fsp3) is 0.0800. The zero-order chi connectivity index (χ0) is 34.2. The van der Waals surface area contributed by atoms with Crippen molar-refractivity contribution < 1.29 is 0 Å². The smallest absolute Gasteiger partial charge is 0.00199 e. The molecule has 0 saturated carbocycles. The van der Waals surface area contributed by atoms with Crippen LogP contribution in [0.5, 0.6) is 0 Å².